The van der Waals surface area contributed by atoms with Gasteiger partial charge >= 0.3 is 17.9 Å². The van der Waals surface area contributed by atoms with Crippen molar-refractivity contribution >= 4 is 17.9 Å². The lowest BCUT2D eigenvalue weighted by Crippen LogP contribution is -2.74. The van der Waals surface area contributed by atoms with E-state index in [1.165, 1.54) is 0 Å². The average molecular weight is 589 g/mol. The number of carbonyl (C=O) groups excluding carboxylic acids is 3. The molecule has 3 aromatic carbocycles. The first-order valence-electron chi connectivity index (χ1n) is 14.4. The van der Waals surface area contributed by atoms with Crippen molar-refractivity contribution in [3.05, 3.63) is 108 Å². The molecule has 3 fully saturated rings. The summed E-state index contributed by atoms with van der Waals surface area (Å²) in [6.45, 7) is -0.399. The van der Waals surface area contributed by atoms with Crippen LogP contribution in [0.2, 0.25) is 0 Å². The van der Waals surface area contributed by atoms with Crippen LogP contribution in [0.15, 0.2) is 91.0 Å². The van der Waals surface area contributed by atoms with Crippen LogP contribution in [-0.4, -0.2) is 72.2 Å². The van der Waals surface area contributed by atoms with Gasteiger partial charge in [-0.1, -0.05) is 67.4 Å². The number of fused-ring (bicyclic) bond motifs is 2. The molecule has 224 valence electrons. The molecule has 0 radical (unpaired) electrons. The quantitative estimate of drug-likeness (QED) is 0.319. The van der Waals surface area contributed by atoms with Gasteiger partial charge in [-0.3, -0.25) is 0 Å². The summed E-state index contributed by atoms with van der Waals surface area (Å²) in [4.78, 5) is 39.5. The Morgan fingerprint density at radius 2 is 1.21 bits per heavy atom. The SMILES string of the molecule is O=C(OC[C@H]1O[C@H]2O[C@H]3CCCC[C@@H]3O[C@@]2(O)[C@@H](OC(=O)c2ccccc2)[C@@H]1OC(=O)c1ccccc1)c1ccccc1. The third-order valence-corrected chi connectivity index (χ3v) is 7.87. The molecule has 10 heteroatoms. The smallest absolute Gasteiger partial charge is 0.338 e. The maximum absolute atomic E-state index is 13.4. The van der Waals surface area contributed by atoms with Crippen LogP contribution in [0.4, 0.5) is 0 Å². The minimum atomic E-state index is -2.33. The Morgan fingerprint density at radius 3 is 1.79 bits per heavy atom. The van der Waals surface area contributed by atoms with Crippen molar-refractivity contribution in [2.24, 2.45) is 0 Å². The van der Waals surface area contributed by atoms with Gasteiger partial charge in [-0.2, -0.15) is 0 Å². The lowest BCUT2D eigenvalue weighted by atomic mass is 9.89. The van der Waals surface area contributed by atoms with E-state index in [-0.39, 0.29) is 17.2 Å². The first-order valence-corrected chi connectivity index (χ1v) is 14.4. The van der Waals surface area contributed by atoms with Crippen molar-refractivity contribution in [3.63, 3.8) is 0 Å². The van der Waals surface area contributed by atoms with Crippen molar-refractivity contribution in [2.75, 3.05) is 6.61 Å². The van der Waals surface area contributed by atoms with Gasteiger partial charge in [0.1, 0.15) is 12.7 Å². The molecule has 6 rings (SSSR count). The normalized spacial score (nSPS) is 29.8. The molecule has 0 bridgehead atoms. The number of hydrogen-bond donors (Lipinski definition) is 1. The van der Waals surface area contributed by atoms with Gasteiger partial charge in [-0.05, 0) is 49.2 Å². The highest BCUT2D eigenvalue weighted by Gasteiger charge is 2.65. The molecule has 10 nitrogen and oxygen atoms in total. The van der Waals surface area contributed by atoms with Gasteiger partial charge in [-0.15, -0.1) is 0 Å². The second kappa shape index (κ2) is 12.6. The lowest BCUT2D eigenvalue weighted by molar-refractivity contribution is -0.464. The van der Waals surface area contributed by atoms with Gasteiger partial charge in [0.2, 0.25) is 12.4 Å². The molecular formula is C33H32O10. The Balaban J connectivity index is 1.35. The second-order valence-corrected chi connectivity index (χ2v) is 10.8. The molecule has 7 atom stereocenters. The second-order valence-electron chi connectivity index (χ2n) is 10.8. The van der Waals surface area contributed by atoms with Crippen molar-refractivity contribution in [2.45, 2.75) is 68.3 Å². The predicted molar refractivity (Wildman–Crippen MR) is 150 cm³/mol. The molecule has 43 heavy (non-hydrogen) atoms. The van der Waals surface area contributed by atoms with Crippen LogP contribution in [0.5, 0.6) is 0 Å². The standard InChI is InChI=1S/C33H32O10/c34-29(21-12-4-1-5-13-21)38-20-26-27(41-30(35)22-14-6-2-7-15-22)28(42-31(36)23-16-8-3-9-17-23)33(37)32(40-26)39-24-18-10-11-19-25(24)43-33/h1-9,12-17,24-28,32,37H,10-11,18-20H2/t24-,25-,26+,27+,28-,32+,33-/m0/s1. The van der Waals surface area contributed by atoms with Crippen LogP contribution in [0.25, 0.3) is 0 Å². The number of carbonyl (C=O) groups is 3. The van der Waals surface area contributed by atoms with Crippen molar-refractivity contribution < 1.29 is 47.9 Å². The van der Waals surface area contributed by atoms with E-state index in [0.29, 0.717) is 18.4 Å². The number of ether oxygens (including phenoxy) is 6. The van der Waals surface area contributed by atoms with Gasteiger partial charge in [-0.25, -0.2) is 14.4 Å². The number of benzene rings is 3. The molecule has 0 amide bonds. The summed E-state index contributed by atoms with van der Waals surface area (Å²) in [6.07, 6.45) is -3.43. The van der Waals surface area contributed by atoms with Gasteiger partial charge in [0, 0.05) is 0 Å². The molecule has 0 spiro atoms. The zero-order valence-electron chi connectivity index (χ0n) is 23.3. The Kier molecular flexibility index (Phi) is 8.53. The molecule has 2 aliphatic heterocycles. The molecule has 1 saturated carbocycles. The van der Waals surface area contributed by atoms with Crippen LogP contribution in [-0.2, 0) is 28.4 Å². The summed E-state index contributed by atoms with van der Waals surface area (Å²) in [5, 5.41) is 12.1. The largest absolute Gasteiger partial charge is 0.459 e. The van der Waals surface area contributed by atoms with Crippen molar-refractivity contribution in [3.8, 4) is 0 Å². The molecule has 1 N–H and O–H groups in total. The summed E-state index contributed by atoms with van der Waals surface area (Å²) in [5.41, 5.74) is 0.738. The van der Waals surface area contributed by atoms with E-state index < -0.39 is 61.0 Å². The van der Waals surface area contributed by atoms with Crippen LogP contribution < -0.4 is 0 Å². The van der Waals surface area contributed by atoms with E-state index in [9.17, 15) is 19.5 Å². The van der Waals surface area contributed by atoms with Crippen molar-refractivity contribution in [1.29, 1.82) is 0 Å². The van der Waals surface area contributed by atoms with E-state index in [1.54, 1.807) is 91.0 Å². The molecular weight excluding hydrogens is 556 g/mol. The third-order valence-electron chi connectivity index (χ3n) is 7.87. The van der Waals surface area contributed by atoms with Crippen LogP contribution in [0.3, 0.4) is 0 Å². The van der Waals surface area contributed by atoms with Gasteiger partial charge in [0.25, 0.3) is 5.79 Å². The maximum Gasteiger partial charge on any atom is 0.338 e. The highest BCUT2D eigenvalue weighted by atomic mass is 16.8. The first kappa shape index (κ1) is 29.0. The van der Waals surface area contributed by atoms with E-state index >= 15 is 0 Å². The zero-order valence-corrected chi connectivity index (χ0v) is 23.3. The highest BCUT2D eigenvalue weighted by molar-refractivity contribution is 5.91. The van der Waals surface area contributed by atoms with Crippen LogP contribution in [0.1, 0.15) is 56.8 Å². The molecule has 1 aliphatic carbocycles. The number of hydrogen-bond acceptors (Lipinski definition) is 10. The summed E-state index contributed by atoms with van der Waals surface area (Å²) < 4.78 is 36.0. The topological polar surface area (TPSA) is 127 Å². The monoisotopic (exact) mass is 588 g/mol. The lowest BCUT2D eigenvalue weighted by Gasteiger charge is -2.55. The molecule has 3 aliphatic rings. The minimum Gasteiger partial charge on any atom is -0.459 e. The van der Waals surface area contributed by atoms with Gasteiger partial charge in [0.05, 0.1) is 28.9 Å². The number of esters is 3. The van der Waals surface area contributed by atoms with Crippen LogP contribution >= 0.6 is 0 Å². The average Bonchev–Trinajstić information content (AvgIpc) is 3.05. The summed E-state index contributed by atoms with van der Waals surface area (Å²) in [6, 6.07) is 24.8. The van der Waals surface area contributed by atoms with Crippen LogP contribution in [0, 0.1) is 0 Å². The predicted octanol–water partition coefficient (Wildman–Crippen LogP) is 4.07. The fourth-order valence-corrected chi connectivity index (χ4v) is 5.67. The Labute approximate surface area is 248 Å². The molecule has 0 unspecified atom stereocenters. The van der Waals surface area contributed by atoms with E-state index in [4.69, 9.17) is 28.4 Å². The molecule has 0 aromatic heterocycles. The Bertz CT molecular complexity index is 1420. The van der Waals surface area contributed by atoms with E-state index in [2.05, 4.69) is 0 Å². The summed E-state index contributed by atoms with van der Waals surface area (Å²) in [5.74, 6) is -4.51. The Hall–Kier alpha value is -4.09. The summed E-state index contributed by atoms with van der Waals surface area (Å²) in [7, 11) is 0. The van der Waals surface area contributed by atoms with Gasteiger partial charge in [0.15, 0.2) is 6.10 Å². The van der Waals surface area contributed by atoms with E-state index in [0.717, 1.165) is 12.8 Å². The minimum absolute atomic E-state index is 0.210. The summed E-state index contributed by atoms with van der Waals surface area (Å²) >= 11 is 0. The number of rotatable bonds is 7. The maximum atomic E-state index is 13.4. The zero-order chi connectivity index (χ0) is 29.8. The number of aliphatic hydroxyl groups is 1. The highest BCUT2D eigenvalue weighted by Crippen LogP contribution is 2.44. The fourth-order valence-electron chi connectivity index (χ4n) is 5.67. The van der Waals surface area contributed by atoms with Crippen molar-refractivity contribution in [1.82, 2.24) is 0 Å². The molecule has 2 heterocycles. The fraction of sp³-hybridized carbons (Fsp3) is 0.364. The van der Waals surface area contributed by atoms with E-state index in [1.807, 2.05) is 0 Å². The molecule has 3 aromatic rings. The van der Waals surface area contributed by atoms with Gasteiger partial charge < -0.3 is 33.5 Å². The molecule has 2 saturated heterocycles. The first-order chi connectivity index (χ1) is 20.9. The third kappa shape index (κ3) is 6.18. The Morgan fingerprint density at radius 1 is 0.698 bits per heavy atom.